The van der Waals surface area contributed by atoms with Crippen molar-refractivity contribution >= 4 is 32.8 Å². The Balaban J connectivity index is 1.48. The zero-order valence-corrected chi connectivity index (χ0v) is 19.1. The van der Waals surface area contributed by atoms with E-state index < -0.39 is 11.4 Å². The van der Waals surface area contributed by atoms with Crippen LogP contribution in [0.1, 0.15) is 30.9 Å². The van der Waals surface area contributed by atoms with E-state index in [4.69, 9.17) is 9.15 Å². The van der Waals surface area contributed by atoms with Crippen LogP contribution in [0.15, 0.2) is 57.6 Å². The first-order chi connectivity index (χ1) is 14.8. The van der Waals surface area contributed by atoms with Gasteiger partial charge in [-0.3, -0.25) is 4.79 Å². The van der Waals surface area contributed by atoms with Crippen molar-refractivity contribution in [2.45, 2.75) is 32.6 Å². The first-order valence-electron chi connectivity index (χ1n) is 9.96. The van der Waals surface area contributed by atoms with E-state index in [1.807, 2.05) is 49.4 Å². The summed E-state index contributed by atoms with van der Waals surface area (Å²) in [5.74, 6) is 1.18. The highest BCUT2D eigenvalue weighted by Crippen LogP contribution is 2.33. The molecule has 0 unspecified atom stereocenters. The van der Waals surface area contributed by atoms with E-state index in [0.717, 1.165) is 38.0 Å². The summed E-state index contributed by atoms with van der Waals surface area (Å²) in [4.78, 5) is 19.4. The number of rotatable bonds is 7. The average Bonchev–Trinajstić information content (AvgIpc) is 3.32. The summed E-state index contributed by atoms with van der Waals surface area (Å²) in [6.07, 6.45) is 2.36. The van der Waals surface area contributed by atoms with Gasteiger partial charge in [-0.25, -0.2) is 4.98 Å². The summed E-state index contributed by atoms with van der Waals surface area (Å²) in [5, 5.41) is 10.4. The Bertz CT molecular complexity index is 1240. The van der Waals surface area contributed by atoms with Crippen LogP contribution in [0.2, 0.25) is 0 Å². The molecule has 2 aromatic heterocycles. The molecule has 0 spiro atoms. The number of halogens is 1. The number of aliphatic carboxylic acids is 1. The third kappa shape index (κ3) is 4.23. The van der Waals surface area contributed by atoms with Gasteiger partial charge in [0.15, 0.2) is 0 Å². The number of hydrogen-bond donors (Lipinski definition) is 2. The van der Waals surface area contributed by atoms with Gasteiger partial charge in [-0.1, -0.05) is 15.9 Å². The topological polar surface area (TPSA) is 88.4 Å². The molecular formula is C24H23BrN2O4. The Morgan fingerprint density at radius 2 is 1.97 bits per heavy atom. The molecule has 0 aliphatic rings. The molecule has 2 heterocycles. The molecule has 2 N–H and O–H groups in total. The fraction of sp³-hybridized carbons (Fsp3) is 0.250. The van der Waals surface area contributed by atoms with Crippen molar-refractivity contribution in [2.75, 3.05) is 6.61 Å². The third-order valence-electron chi connectivity index (χ3n) is 5.45. The van der Waals surface area contributed by atoms with E-state index >= 15 is 0 Å². The normalized spacial score (nSPS) is 11.7. The molecule has 0 bridgehead atoms. The molecule has 0 atom stereocenters. The van der Waals surface area contributed by atoms with E-state index in [2.05, 4.69) is 25.9 Å². The van der Waals surface area contributed by atoms with Crippen LogP contribution < -0.4 is 4.74 Å². The smallest absolute Gasteiger partial charge is 0.313 e. The average molecular weight is 483 g/mol. The number of H-pyrrole nitrogens is 1. The number of carbonyl (C=O) groups is 1. The lowest BCUT2D eigenvalue weighted by Gasteiger charge is -2.18. The maximum atomic E-state index is 11.7. The number of aromatic nitrogens is 2. The van der Waals surface area contributed by atoms with Crippen LogP contribution in [0, 0.1) is 6.92 Å². The molecule has 0 fully saturated rings. The molecule has 0 radical (unpaired) electrons. The number of hydrogen-bond acceptors (Lipinski definition) is 4. The minimum Gasteiger partial charge on any atom is -0.493 e. The number of aromatic amines is 1. The van der Waals surface area contributed by atoms with E-state index in [-0.39, 0.29) is 0 Å². The van der Waals surface area contributed by atoms with Gasteiger partial charge in [0.25, 0.3) is 0 Å². The molecule has 6 nitrogen and oxygen atoms in total. The second kappa shape index (κ2) is 8.23. The van der Waals surface area contributed by atoms with Crippen molar-refractivity contribution in [2.24, 2.45) is 0 Å². The van der Waals surface area contributed by atoms with Gasteiger partial charge in [0, 0.05) is 33.6 Å². The fourth-order valence-corrected chi connectivity index (χ4v) is 3.73. The minimum atomic E-state index is -1.00. The molecule has 2 aromatic carbocycles. The molecule has 4 aromatic rings. The first-order valence-corrected chi connectivity index (χ1v) is 10.7. The number of nitrogens with zero attached hydrogens (tertiary/aromatic N) is 1. The number of ether oxygens (including phenoxy) is 1. The lowest BCUT2D eigenvalue weighted by atomic mass is 9.84. The van der Waals surface area contributed by atoms with Gasteiger partial charge in [-0.05, 0) is 68.8 Å². The SMILES string of the molecule is Cc1oc(-c2ccc(Br)cc2)nc1CCOc1ccc2[nH]cc(C(C)(C)C(=O)O)c2c1. The Morgan fingerprint density at radius 1 is 1.23 bits per heavy atom. The summed E-state index contributed by atoms with van der Waals surface area (Å²) in [7, 11) is 0. The van der Waals surface area contributed by atoms with Crippen molar-refractivity contribution in [3.8, 4) is 17.2 Å². The molecule has 7 heteroatoms. The summed E-state index contributed by atoms with van der Waals surface area (Å²) < 4.78 is 12.8. The number of fused-ring (bicyclic) bond motifs is 1. The summed E-state index contributed by atoms with van der Waals surface area (Å²) >= 11 is 3.43. The van der Waals surface area contributed by atoms with Crippen molar-refractivity contribution in [3.05, 3.63) is 70.2 Å². The maximum Gasteiger partial charge on any atom is 0.313 e. The van der Waals surface area contributed by atoms with Crippen LogP contribution in [-0.2, 0) is 16.6 Å². The van der Waals surface area contributed by atoms with Crippen LogP contribution in [0.25, 0.3) is 22.4 Å². The molecule has 0 saturated carbocycles. The Labute approximate surface area is 188 Å². The predicted octanol–water partition coefficient (Wildman–Crippen LogP) is 5.88. The van der Waals surface area contributed by atoms with Crippen molar-refractivity contribution < 1.29 is 19.1 Å². The van der Waals surface area contributed by atoms with Gasteiger partial charge < -0.3 is 19.2 Å². The van der Waals surface area contributed by atoms with E-state index in [9.17, 15) is 9.90 Å². The number of benzene rings is 2. The minimum absolute atomic E-state index is 0.431. The molecule has 4 rings (SSSR count). The van der Waals surface area contributed by atoms with Gasteiger partial charge >= 0.3 is 5.97 Å². The largest absolute Gasteiger partial charge is 0.493 e. The molecule has 0 saturated heterocycles. The number of carboxylic acid groups (broad SMARTS) is 1. The van der Waals surface area contributed by atoms with Gasteiger partial charge in [0.1, 0.15) is 11.5 Å². The Hall–Kier alpha value is -3.06. The lowest BCUT2D eigenvalue weighted by molar-refractivity contribution is -0.142. The van der Waals surface area contributed by atoms with E-state index in [1.165, 1.54) is 0 Å². The first kappa shape index (κ1) is 21.2. The fourth-order valence-electron chi connectivity index (χ4n) is 3.46. The predicted molar refractivity (Wildman–Crippen MR) is 123 cm³/mol. The molecule has 160 valence electrons. The van der Waals surface area contributed by atoms with Gasteiger partial charge in [0.2, 0.25) is 5.89 Å². The lowest BCUT2D eigenvalue weighted by Crippen LogP contribution is -2.28. The molecule has 0 amide bonds. The number of aryl methyl sites for hydroxylation is 1. The van der Waals surface area contributed by atoms with Crippen molar-refractivity contribution in [3.63, 3.8) is 0 Å². The van der Waals surface area contributed by atoms with Crippen LogP contribution in [0.5, 0.6) is 5.75 Å². The molecular weight excluding hydrogens is 460 g/mol. The molecule has 31 heavy (non-hydrogen) atoms. The second-order valence-corrected chi connectivity index (χ2v) is 8.88. The highest BCUT2D eigenvalue weighted by molar-refractivity contribution is 9.10. The highest BCUT2D eigenvalue weighted by atomic mass is 79.9. The highest BCUT2D eigenvalue weighted by Gasteiger charge is 2.32. The van der Waals surface area contributed by atoms with Gasteiger partial charge in [-0.2, -0.15) is 0 Å². The molecule has 0 aliphatic heterocycles. The van der Waals surface area contributed by atoms with Crippen LogP contribution in [0.3, 0.4) is 0 Å². The number of carboxylic acids is 1. The van der Waals surface area contributed by atoms with Gasteiger partial charge in [0.05, 0.1) is 17.7 Å². The van der Waals surface area contributed by atoms with Crippen LogP contribution >= 0.6 is 15.9 Å². The van der Waals surface area contributed by atoms with E-state index in [0.29, 0.717) is 24.7 Å². The molecule has 0 aliphatic carbocycles. The monoisotopic (exact) mass is 482 g/mol. The Kier molecular flexibility index (Phi) is 5.62. The van der Waals surface area contributed by atoms with Crippen LogP contribution in [-0.4, -0.2) is 27.7 Å². The second-order valence-electron chi connectivity index (χ2n) is 7.97. The van der Waals surface area contributed by atoms with Crippen LogP contribution in [0.4, 0.5) is 0 Å². The van der Waals surface area contributed by atoms with Gasteiger partial charge in [-0.15, -0.1) is 0 Å². The number of oxazole rings is 1. The van der Waals surface area contributed by atoms with E-state index in [1.54, 1.807) is 20.0 Å². The third-order valence-corrected chi connectivity index (χ3v) is 5.98. The summed E-state index contributed by atoms with van der Waals surface area (Å²) in [6.45, 7) is 5.72. The summed E-state index contributed by atoms with van der Waals surface area (Å²) in [6, 6.07) is 13.5. The Morgan fingerprint density at radius 3 is 2.68 bits per heavy atom. The standard InChI is InChI=1S/C24H23BrN2O4/c1-14-20(27-22(31-14)15-4-6-16(25)7-5-15)10-11-30-17-8-9-21-18(12-17)19(13-26-21)24(2,3)23(28)29/h4-9,12-13,26H,10-11H2,1-3H3,(H,28,29). The zero-order chi connectivity index (χ0) is 22.2. The maximum absolute atomic E-state index is 11.7. The quantitative estimate of drug-likeness (QED) is 0.343. The van der Waals surface area contributed by atoms with Crippen molar-refractivity contribution in [1.29, 1.82) is 0 Å². The van der Waals surface area contributed by atoms with Crippen molar-refractivity contribution in [1.82, 2.24) is 9.97 Å². The zero-order valence-electron chi connectivity index (χ0n) is 17.5. The number of nitrogens with one attached hydrogen (secondary N) is 1. The summed E-state index contributed by atoms with van der Waals surface area (Å²) in [5.41, 5.74) is 2.38.